The third-order valence-corrected chi connectivity index (χ3v) is 6.24. The molecule has 3 heterocycles. The molecular weight excluding hydrogens is 406 g/mol. The lowest BCUT2D eigenvalue weighted by Gasteiger charge is -2.27. The van der Waals surface area contributed by atoms with E-state index in [-0.39, 0.29) is 11.8 Å². The first-order chi connectivity index (χ1) is 15.6. The second kappa shape index (κ2) is 10.7. The molecule has 2 aromatic rings. The molecule has 1 aromatic carbocycles. The van der Waals surface area contributed by atoms with Gasteiger partial charge in [0, 0.05) is 45.0 Å². The van der Waals surface area contributed by atoms with Crippen LogP contribution in [0.1, 0.15) is 24.8 Å². The van der Waals surface area contributed by atoms with E-state index in [2.05, 4.69) is 32.7 Å². The van der Waals surface area contributed by atoms with Crippen LogP contribution < -0.4 is 22.1 Å². The van der Waals surface area contributed by atoms with E-state index in [0.717, 1.165) is 57.7 Å². The summed E-state index contributed by atoms with van der Waals surface area (Å²) in [5.41, 5.74) is 7.65. The number of aromatic nitrogens is 2. The Kier molecular flexibility index (Phi) is 7.51. The van der Waals surface area contributed by atoms with Gasteiger partial charge in [-0.1, -0.05) is 12.1 Å². The Morgan fingerprint density at radius 2 is 1.88 bits per heavy atom. The molecule has 0 radical (unpaired) electrons. The van der Waals surface area contributed by atoms with E-state index in [0.29, 0.717) is 19.1 Å². The minimum atomic E-state index is -0.420. The van der Waals surface area contributed by atoms with Crippen molar-refractivity contribution in [1.82, 2.24) is 24.7 Å². The molecule has 2 saturated heterocycles. The SMILES string of the molecule is NC1CCCN(CCc2ccc(-n3ccc(NC(=O)N4CCNCC4)nc3=O)cc2)CC1. The fourth-order valence-electron chi connectivity index (χ4n) is 4.24. The molecule has 1 aromatic heterocycles. The second-order valence-electron chi connectivity index (χ2n) is 8.58. The van der Waals surface area contributed by atoms with Gasteiger partial charge < -0.3 is 20.9 Å². The van der Waals surface area contributed by atoms with Crippen LogP contribution in [0.4, 0.5) is 10.6 Å². The zero-order chi connectivity index (χ0) is 22.3. The molecule has 4 N–H and O–H groups in total. The number of nitrogens with zero attached hydrogens (tertiary/aromatic N) is 4. The number of amides is 2. The number of nitrogens with one attached hydrogen (secondary N) is 2. The second-order valence-corrected chi connectivity index (χ2v) is 8.58. The van der Waals surface area contributed by atoms with Crippen molar-refractivity contribution in [2.24, 2.45) is 5.73 Å². The highest BCUT2D eigenvalue weighted by Crippen LogP contribution is 2.13. The Bertz CT molecular complexity index is 954. The summed E-state index contributed by atoms with van der Waals surface area (Å²) >= 11 is 0. The van der Waals surface area contributed by atoms with Gasteiger partial charge in [0.15, 0.2) is 0 Å². The highest BCUT2D eigenvalue weighted by Gasteiger charge is 2.17. The molecule has 0 bridgehead atoms. The van der Waals surface area contributed by atoms with Crippen molar-refractivity contribution in [2.45, 2.75) is 31.7 Å². The monoisotopic (exact) mass is 439 g/mol. The maximum absolute atomic E-state index is 12.5. The van der Waals surface area contributed by atoms with Gasteiger partial charge in [-0.05, 0) is 62.5 Å². The van der Waals surface area contributed by atoms with Crippen LogP contribution in [0.2, 0.25) is 0 Å². The molecule has 0 spiro atoms. The minimum absolute atomic E-state index is 0.230. The van der Waals surface area contributed by atoms with E-state index in [1.807, 2.05) is 12.1 Å². The number of hydrogen-bond acceptors (Lipinski definition) is 6. The van der Waals surface area contributed by atoms with Gasteiger partial charge in [0.2, 0.25) is 0 Å². The molecule has 32 heavy (non-hydrogen) atoms. The summed E-state index contributed by atoms with van der Waals surface area (Å²) in [5.74, 6) is 0.267. The number of nitrogens with two attached hydrogens (primary N) is 1. The first-order valence-corrected chi connectivity index (χ1v) is 11.5. The number of rotatable bonds is 5. The number of carbonyl (C=O) groups excluding carboxylic acids is 1. The quantitative estimate of drug-likeness (QED) is 0.642. The predicted octanol–water partition coefficient (Wildman–Crippen LogP) is 1.03. The van der Waals surface area contributed by atoms with E-state index >= 15 is 0 Å². The number of hydrogen-bond donors (Lipinski definition) is 3. The summed E-state index contributed by atoms with van der Waals surface area (Å²) in [5, 5.41) is 5.92. The summed E-state index contributed by atoms with van der Waals surface area (Å²) in [4.78, 5) is 33.1. The molecule has 1 unspecified atom stereocenters. The van der Waals surface area contributed by atoms with E-state index in [4.69, 9.17) is 5.73 Å². The van der Waals surface area contributed by atoms with Gasteiger partial charge in [-0.3, -0.25) is 9.88 Å². The molecule has 2 aliphatic rings. The Labute approximate surface area is 188 Å². The number of likely N-dealkylation sites (tertiary alicyclic amines) is 1. The third kappa shape index (κ3) is 5.93. The molecule has 9 heteroatoms. The predicted molar refractivity (Wildman–Crippen MR) is 125 cm³/mol. The van der Waals surface area contributed by atoms with Gasteiger partial charge >= 0.3 is 11.7 Å². The summed E-state index contributed by atoms with van der Waals surface area (Å²) in [7, 11) is 0. The van der Waals surface area contributed by atoms with Gasteiger partial charge in [0.05, 0.1) is 5.69 Å². The fraction of sp³-hybridized carbons (Fsp3) is 0.522. The topological polar surface area (TPSA) is 109 Å². The Balaban J connectivity index is 1.34. The van der Waals surface area contributed by atoms with Gasteiger partial charge in [0.25, 0.3) is 0 Å². The summed E-state index contributed by atoms with van der Waals surface area (Å²) in [6.07, 6.45) is 5.98. The number of piperazine rings is 1. The largest absolute Gasteiger partial charge is 0.354 e. The average Bonchev–Trinajstić information content (AvgIpc) is 3.03. The Morgan fingerprint density at radius 1 is 1.09 bits per heavy atom. The summed E-state index contributed by atoms with van der Waals surface area (Å²) < 4.78 is 1.49. The summed E-state index contributed by atoms with van der Waals surface area (Å²) in [6, 6.07) is 9.77. The molecule has 0 saturated carbocycles. The van der Waals surface area contributed by atoms with Crippen LogP contribution in [-0.2, 0) is 6.42 Å². The standard InChI is InChI=1S/C23H33N7O2/c24-19-2-1-12-28(14-8-19)13-7-18-3-5-20(6-4-18)30-15-9-21(27-23(30)32)26-22(31)29-16-10-25-11-17-29/h3-6,9,15,19,25H,1-2,7-8,10-14,16-17,24H2,(H,26,27,31,32). The normalized spacial score (nSPS) is 20.0. The lowest BCUT2D eigenvalue weighted by atomic mass is 10.1. The van der Waals surface area contributed by atoms with Crippen LogP contribution in [-0.4, -0.2) is 77.2 Å². The van der Waals surface area contributed by atoms with Crippen molar-refractivity contribution in [1.29, 1.82) is 0 Å². The highest BCUT2D eigenvalue weighted by atomic mass is 16.2. The zero-order valence-electron chi connectivity index (χ0n) is 18.5. The molecule has 2 amide bonds. The molecule has 2 aliphatic heterocycles. The molecule has 172 valence electrons. The van der Waals surface area contributed by atoms with Crippen molar-refractivity contribution < 1.29 is 4.79 Å². The lowest BCUT2D eigenvalue weighted by Crippen LogP contribution is -2.48. The summed E-state index contributed by atoms with van der Waals surface area (Å²) in [6.45, 7) is 6.02. The average molecular weight is 440 g/mol. The lowest BCUT2D eigenvalue weighted by molar-refractivity contribution is 0.204. The van der Waals surface area contributed by atoms with Crippen LogP contribution in [0.3, 0.4) is 0 Å². The highest BCUT2D eigenvalue weighted by molar-refractivity contribution is 5.88. The van der Waals surface area contributed by atoms with Crippen LogP contribution in [0, 0.1) is 0 Å². The molecule has 4 rings (SSSR count). The van der Waals surface area contributed by atoms with Crippen LogP contribution in [0.15, 0.2) is 41.3 Å². The fourth-order valence-corrected chi connectivity index (χ4v) is 4.24. The van der Waals surface area contributed by atoms with Crippen LogP contribution in [0.25, 0.3) is 5.69 Å². The van der Waals surface area contributed by atoms with E-state index in [1.54, 1.807) is 17.2 Å². The molecule has 9 nitrogen and oxygen atoms in total. The van der Waals surface area contributed by atoms with Gasteiger partial charge in [0.1, 0.15) is 5.82 Å². The number of anilines is 1. The molecular formula is C23H33N7O2. The zero-order valence-corrected chi connectivity index (χ0v) is 18.5. The molecule has 1 atom stereocenters. The van der Waals surface area contributed by atoms with Crippen molar-refractivity contribution in [3.05, 3.63) is 52.6 Å². The van der Waals surface area contributed by atoms with E-state index in [1.165, 1.54) is 16.6 Å². The van der Waals surface area contributed by atoms with Crippen molar-refractivity contribution in [3.8, 4) is 5.69 Å². The number of urea groups is 1. The van der Waals surface area contributed by atoms with Gasteiger partial charge in [-0.25, -0.2) is 9.59 Å². The molecule has 0 aliphatic carbocycles. The van der Waals surface area contributed by atoms with Gasteiger partial charge in [-0.2, -0.15) is 4.98 Å². The Hall–Kier alpha value is -2.75. The van der Waals surface area contributed by atoms with Crippen molar-refractivity contribution in [3.63, 3.8) is 0 Å². The van der Waals surface area contributed by atoms with Crippen molar-refractivity contribution >= 4 is 11.8 Å². The first-order valence-electron chi connectivity index (χ1n) is 11.5. The van der Waals surface area contributed by atoms with Gasteiger partial charge in [-0.15, -0.1) is 0 Å². The molecule has 2 fully saturated rings. The Morgan fingerprint density at radius 3 is 2.62 bits per heavy atom. The first kappa shape index (κ1) is 22.4. The number of carbonyl (C=O) groups is 1. The van der Waals surface area contributed by atoms with Crippen LogP contribution in [0.5, 0.6) is 0 Å². The van der Waals surface area contributed by atoms with Crippen LogP contribution >= 0.6 is 0 Å². The third-order valence-electron chi connectivity index (χ3n) is 6.24. The van der Waals surface area contributed by atoms with Crippen molar-refractivity contribution in [2.75, 3.05) is 51.1 Å². The minimum Gasteiger partial charge on any atom is -0.328 e. The van der Waals surface area contributed by atoms with E-state index < -0.39 is 5.69 Å². The number of benzene rings is 1. The maximum Gasteiger partial charge on any atom is 0.354 e. The van der Waals surface area contributed by atoms with E-state index in [9.17, 15) is 9.59 Å². The maximum atomic E-state index is 12.5. The smallest absolute Gasteiger partial charge is 0.328 e.